The van der Waals surface area contributed by atoms with Crippen LogP contribution in [0.2, 0.25) is 0 Å². The second kappa shape index (κ2) is 3.69. The Morgan fingerprint density at radius 2 is 1.93 bits per heavy atom. The third-order valence-corrected chi connectivity index (χ3v) is 3.23. The van der Waals surface area contributed by atoms with Crippen molar-refractivity contribution < 1.29 is 9.59 Å². The monoisotopic (exact) mass is 216 g/mol. The van der Waals surface area contributed by atoms with E-state index in [1.807, 2.05) is 0 Å². The predicted molar refractivity (Wildman–Crippen MR) is 54.3 cm³/mol. The average molecular weight is 217 g/mol. The number of hydrogen-bond donors (Lipinski definition) is 1. The number of carbonyl (C=O) groups excluding carboxylic acids is 2. The maximum atomic E-state index is 11.8. The number of halogens is 1. The molecule has 0 aromatic carbocycles. The van der Waals surface area contributed by atoms with Crippen molar-refractivity contribution in [2.24, 2.45) is 16.1 Å². The molecule has 0 aliphatic carbocycles. The molecule has 1 rings (SSSR count). The fourth-order valence-electron chi connectivity index (χ4n) is 1.66. The van der Waals surface area contributed by atoms with Crippen molar-refractivity contribution in [3.8, 4) is 0 Å². The van der Waals surface area contributed by atoms with Gasteiger partial charge in [-0.25, -0.2) is 0 Å². The van der Waals surface area contributed by atoms with Crippen LogP contribution in [-0.2, 0) is 9.59 Å². The number of rotatable bonds is 2. The Hall–Kier alpha value is -0.900. The van der Waals surface area contributed by atoms with Gasteiger partial charge in [-0.05, 0) is 12.8 Å². The summed E-state index contributed by atoms with van der Waals surface area (Å²) >= 11 is 5.77. The van der Waals surface area contributed by atoms with E-state index in [1.54, 1.807) is 13.8 Å². The third-order valence-electron chi connectivity index (χ3n) is 2.81. The molecule has 1 heterocycles. The van der Waals surface area contributed by atoms with Crippen molar-refractivity contribution in [3.63, 3.8) is 0 Å². The Morgan fingerprint density at radius 1 is 1.43 bits per heavy atom. The van der Waals surface area contributed by atoms with E-state index in [1.165, 1.54) is 0 Å². The Labute approximate surface area is 87.5 Å². The molecule has 0 fully saturated rings. The van der Waals surface area contributed by atoms with Crippen LogP contribution in [0.25, 0.3) is 0 Å². The quantitative estimate of drug-likeness (QED) is 0.550. The minimum atomic E-state index is -1.05. The first-order valence-corrected chi connectivity index (χ1v) is 5.00. The Kier molecular flexibility index (Phi) is 2.95. The molecule has 0 saturated carbocycles. The molecule has 2 N–H and O–H groups in total. The van der Waals surface area contributed by atoms with Crippen LogP contribution in [0.15, 0.2) is 4.99 Å². The summed E-state index contributed by atoms with van der Waals surface area (Å²) in [6, 6.07) is 0. The van der Waals surface area contributed by atoms with Gasteiger partial charge in [0.1, 0.15) is 11.3 Å². The zero-order chi connectivity index (χ0) is 10.9. The van der Waals surface area contributed by atoms with E-state index < -0.39 is 16.7 Å². The standard InChI is InChI=1S/C9H13ClN2O2/c1-3-9(4-2)6(13)5(10)7(11)12-8(9)14/h5H,3-4H2,1-2H3,(H2,11,12,14). The van der Waals surface area contributed by atoms with Gasteiger partial charge in [0.2, 0.25) is 0 Å². The lowest BCUT2D eigenvalue weighted by Crippen LogP contribution is -2.51. The van der Waals surface area contributed by atoms with Gasteiger partial charge >= 0.3 is 0 Å². The second-order valence-electron chi connectivity index (χ2n) is 3.36. The topological polar surface area (TPSA) is 72.5 Å². The molecule has 14 heavy (non-hydrogen) atoms. The SMILES string of the molecule is CCC1(CC)C(=O)N=C(N)C(Cl)C1=O. The summed E-state index contributed by atoms with van der Waals surface area (Å²) in [6.45, 7) is 3.56. The molecule has 0 bridgehead atoms. The van der Waals surface area contributed by atoms with Gasteiger partial charge in [0.15, 0.2) is 11.2 Å². The molecular weight excluding hydrogens is 204 g/mol. The summed E-state index contributed by atoms with van der Waals surface area (Å²) in [7, 11) is 0. The van der Waals surface area contributed by atoms with Gasteiger partial charge in [-0.15, -0.1) is 11.6 Å². The van der Waals surface area contributed by atoms with Crippen LogP contribution < -0.4 is 5.73 Å². The van der Waals surface area contributed by atoms with Crippen molar-refractivity contribution in [3.05, 3.63) is 0 Å². The zero-order valence-electron chi connectivity index (χ0n) is 8.21. The summed E-state index contributed by atoms with van der Waals surface area (Å²) in [5.74, 6) is -0.859. The summed E-state index contributed by atoms with van der Waals surface area (Å²) in [6.07, 6.45) is 0.836. The number of aliphatic imine (C=N–C) groups is 1. The molecule has 1 aliphatic rings. The van der Waals surface area contributed by atoms with Crippen molar-refractivity contribution in [2.75, 3.05) is 0 Å². The zero-order valence-corrected chi connectivity index (χ0v) is 8.97. The Morgan fingerprint density at radius 3 is 2.36 bits per heavy atom. The van der Waals surface area contributed by atoms with E-state index in [9.17, 15) is 9.59 Å². The lowest BCUT2D eigenvalue weighted by atomic mass is 9.74. The van der Waals surface area contributed by atoms with E-state index >= 15 is 0 Å². The molecule has 5 heteroatoms. The highest BCUT2D eigenvalue weighted by Gasteiger charge is 2.49. The molecular formula is C9H13ClN2O2. The molecule has 1 amide bonds. The predicted octanol–water partition coefficient (Wildman–Crippen LogP) is 0.867. The van der Waals surface area contributed by atoms with Gasteiger partial charge < -0.3 is 5.73 Å². The number of Topliss-reactive ketones (excluding diaryl/α,β-unsaturated/α-hetero) is 1. The number of carbonyl (C=O) groups is 2. The van der Waals surface area contributed by atoms with Crippen molar-refractivity contribution >= 4 is 29.1 Å². The molecule has 0 saturated heterocycles. The minimum absolute atomic E-state index is 0.0841. The summed E-state index contributed by atoms with van der Waals surface area (Å²) in [5.41, 5.74) is 4.32. The average Bonchev–Trinajstić information content (AvgIpc) is 2.17. The summed E-state index contributed by atoms with van der Waals surface area (Å²) < 4.78 is 0. The number of hydrogen-bond acceptors (Lipinski definition) is 3. The van der Waals surface area contributed by atoms with Crippen molar-refractivity contribution in [2.45, 2.75) is 32.1 Å². The Balaban J connectivity index is 3.22. The summed E-state index contributed by atoms with van der Waals surface area (Å²) in [5, 5.41) is -0.951. The molecule has 1 aliphatic heterocycles. The van der Waals surface area contributed by atoms with E-state index in [2.05, 4.69) is 4.99 Å². The molecule has 1 unspecified atom stereocenters. The van der Waals surface area contributed by atoms with Crippen LogP contribution in [0.5, 0.6) is 0 Å². The van der Waals surface area contributed by atoms with Gasteiger partial charge in [0.05, 0.1) is 0 Å². The fourth-order valence-corrected chi connectivity index (χ4v) is 1.92. The largest absolute Gasteiger partial charge is 0.385 e. The number of ketones is 1. The molecule has 78 valence electrons. The first kappa shape index (κ1) is 11.2. The fraction of sp³-hybridized carbons (Fsp3) is 0.667. The van der Waals surface area contributed by atoms with E-state index in [0.29, 0.717) is 12.8 Å². The van der Waals surface area contributed by atoms with Crippen molar-refractivity contribution in [1.29, 1.82) is 0 Å². The molecule has 1 atom stereocenters. The van der Waals surface area contributed by atoms with Crippen LogP contribution in [0, 0.1) is 5.41 Å². The van der Waals surface area contributed by atoms with E-state index in [-0.39, 0.29) is 11.6 Å². The van der Waals surface area contributed by atoms with Gasteiger partial charge in [-0.1, -0.05) is 13.8 Å². The van der Waals surface area contributed by atoms with Crippen LogP contribution in [0.1, 0.15) is 26.7 Å². The van der Waals surface area contributed by atoms with Crippen molar-refractivity contribution in [1.82, 2.24) is 0 Å². The van der Waals surface area contributed by atoms with E-state index in [4.69, 9.17) is 17.3 Å². The number of nitrogens with zero attached hydrogens (tertiary/aromatic N) is 1. The maximum Gasteiger partial charge on any atom is 0.261 e. The normalized spacial score (nSPS) is 26.2. The first-order valence-electron chi connectivity index (χ1n) is 4.56. The lowest BCUT2D eigenvalue weighted by molar-refractivity contribution is -0.140. The minimum Gasteiger partial charge on any atom is -0.385 e. The second-order valence-corrected chi connectivity index (χ2v) is 3.79. The maximum absolute atomic E-state index is 11.8. The van der Waals surface area contributed by atoms with Crippen LogP contribution >= 0.6 is 11.6 Å². The third kappa shape index (κ3) is 1.34. The number of amides is 1. The molecule has 0 aromatic heterocycles. The van der Waals surface area contributed by atoms with E-state index in [0.717, 1.165) is 0 Å². The number of amidine groups is 1. The smallest absolute Gasteiger partial charge is 0.261 e. The number of nitrogens with two attached hydrogens (primary N) is 1. The first-order chi connectivity index (χ1) is 6.49. The number of alkyl halides is 1. The van der Waals surface area contributed by atoms with Gasteiger partial charge in [0.25, 0.3) is 5.91 Å². The van der Waals surface area contributed by atoms with Crippen LogP contribution in [0.3, 0.4) is 0 Å². The van der Waals surface area contributed by atoms with Crippen LogP contribution in [-0.4, -0.2) is 22.9 Å². The highest BCUT2D eigenvalue weighted by atomic mass is 35.5. The Bertz CT molecular complexity index is 308. The molecule has 4 nitrogen and oxygen atoms in total. The highest BCUT2D eigenvalue weighted by molar-refractivity contribution is 6.46. The van der Waals surface area contributed by atoms with Gasteiger partial charge in [0, 0.05) is 0 Å². The summed E-state index contributed by atoms with van der Waals surface area (Å²) in [4.78, 5) is 27.0. The van der Waals surface area contributed by atoms with Gasteiger partial charge in [-0.3, -0.25) is 9.59 Å². The molecule has 0 spiro atoms. The lowest BCUT2D eigenvalue weighted by Gasteiger charge is -2.31. The van der Waals surface area contributed by atoms with Gasteiger partial charge in [-0.2, -0.15) is 4.99 Å². The highest BCUT2D eigenvalue weighted by Crippen LogP contribution is 2.34. The molecule has 0 radical (unpaired) electrons. The van der Waals surface area contributed by atoms with Crippen LogP contribution in [0.4, 0.5) is 0 Å². The molecule has 0 aromatic rings.